The second-order valence-electron chi connectivity index (χ2n) is 3.99. The molecule has 0 bridgehead atoms. The van der Waals surface area contributed by atoms with Crippen molar-refractivity contribution < 1.29 is 13.6 Å². The van der Waals surface area contributed by atoms with Gasteiger partial charge < -0.3 is 10.7 Å². The van der Waals surface area contributed by atoms with Crippen LogP contribution >= 0.6 is 0 Å². The van der Waals surface area contributed by atoms with E-state index in [1.165, 1.54) is 25.3 Å². The molecule has 0 fully saturated rings. The van der Waals surface area contributed by atoms with Gasteiger partial charge in [-0.05, 0) is 18.2 Å². The van der Waals surface area contributed by atoms with Crippen LogP contribution in [0.2, 0.25) is 0 Å². The van der Waals surface area contributed by atoms with Gasteiger partial charge in [-0.1, -0.05) is 0 Å². The number of rotatable bonds is 3. The fraction of sp³-hybridized carbons (Fsp3) is 0.0769. The number of aromatic nitrogens is 1. The number of hydrogen-bond acceptors (Lipinski definition) is 4. The van der Waals surface area contributed by atoms with Gasteiger partial charge in [-0.3, -0.25) is 9.69 Å². The lowest BCUT2D eigenvalue weighted by atomic mass is 10.2. The van der Waals surface area contributed by atoms with Gasteiger partial charge in [-0.2, -0.15) is 0 Å². The molecule has 0 radical (unpaired) electrons. The maximum atomic E-state index is 13.3. The van der Waals surface area contributed by atoms with E-state index in [1.54, 1.807) is 5.48 Å². The molecule has 0 aliphatic rings. The summed E-state index contributed by atoms with van der Waals surface area (Å²) in [6.45, 7) is 1.22. The third-order valence-electron chi connectivity index (χ3n) is 2.51. The summed E-state index contributed by atoms with van der Waals surface area (Å²) >= 11 is 0. The van der Waals surface area contributed by atoms with Crippen molar-refractivity contribution in [3.63, 3.8) is 0 Å². The second kappa shape index (κ2) is 5.62. The number of pyridine rings is 1. The Morgan fingerprint density at radius 2 is 1.90 bits per heavy atom. The number of hydrogen-bond donors (Lipinski definition) is 1. The maximum Gasteiger partial charge on any atom is 0.229 e. The molecule has 2 rings (SSSR count). The van der Waals surface area contributed by atoms with E-state index in [0.29, 0.717) is 6.07 Å². The normalized spacial score (nSPS) is 10.2. The maximum absolute atomic E-state index is 13.3. The van der Waals surface area contributed by atoms with Crippen LogP contribution in [-0.4, -0.2) is 10.9 Å². The van der Waals surface area contributed by atoms with Crippen LogP contribution in [0.1, 0.15) is 6.92 Å². The van der Waals surface area contributed by atoms with Crippen molar-refractivity contribution in [2.45, 2.75) is 6.92 Å². The van der Waals surface area contributed by atoms with Gasteiger partial charge >= 0.3 is 0 Å². The van der Waals surface area contributed by atoms with Gasteiger partial charge in [-0.25, -0.2) is 13.8 Å². The molecule has 20 heavy (non-hydrogen) atoms. The summed E-state index contributed by atoms with van der Waals surface area (Å²) in [7, 11) is 0. The van der Waals surface area contributed by atoms with Crippen LogP contribution in [0.5, 0.6) is 0 Å². The zero-order valence-corrected chi connectivity index (χ0v) is 10.4. The SMILES string of the molecule is CC(=O)N(c1cc(F)cc(F)c1)c1cc(N[O-])ccn1. The molecule has 7 heteroatoms. The Kier molecular flexibility index (Phi) is 3.90. The lowest BCUT2D eigenvalue weighted by molar-refractivity contribution is -0.115. The van der Waals surface area contributed by atoms with Crippen LogP contribution in [0.25, 0.3) is 0 Å². The Labute approximate surface area is 113 Å². The van der Waals surface area contributed by atoms with Gasteiger partial charge in [0.25, 0.3) is 0 Å². The van der Waals surface area contributed by atoms with Crippen molar-refractivity contribution in [1.29, 1.82) is 0 Å². The van der Waals surface area contributed by atoms with Gasteiger partial charge in [0.2, 0.25) is 5.91 Å². The Morgan fingerprint density at radius 3 is 2.45 bits per heavy atom. The third kappa shape index (κ3) is 2.89. The van der Waals surface area contributed by atoms with Crippen molar-refractivity contribution in [2.24, 2.45) is 0 Å². The molecule has 1 aromatic heterocycles. The fourth-order valence-electron chi connectivity index (χ4n) is 1.75. The molecule has 0 aliphatic carbocycles. The molecule has 0 saturated heterocycles. The van der Waals surface area contributed by atoms with Crippen LogP contribution < -0.4 is 10.4 Å². The molecule has 0 unspecified atom stereocenters. The Balaban J connectivity index is 2.53. The number of nitrogens with one attached hydrogen (secondary N) is 1. The standard InChI is InChI=1S/C13H10F2N3O2/c1-8(19)18(12-5-9(14)4-10(15)6-12)13-7-11(17-20)2-3-16-13/h2-7H,1H3,(H-,16,17,20)/q-1. The first-order chi connectivity index (χ1) is 9.51. The van der Waals surface area contributed by atoms with Gasteiger partial charge in [0.1, 0.15) is 17.5 Å². The Hall–Kier alpha value is -2.54. The van der Waals surface area contributed by atoms with E-state index < -0.39 is 17.5 Å². The van der Waals surface area contributed by atoms with Crippen molar-refractivity contribution in [2.75, 3.05) is 10.4 Å². The number of amides is 1. The highest BCUT2D eigenvalue weighted by Crippen LogP contribution is 2.27. The summed E-state index contributed by atoms with van der Waals surface area (Å²) in [6.07, 6.45) is 1.31. The highest BCUT2D eigenvalue weighted by molar-refractivity contribution is 5.98. The predicted octanol–water partition coefficient (Wildman–Crippen LogP) is 2.95. The highest BCUT2D eigenvalue weighted by atomic mass is 19.1. The lowest BCUT2D eigenvalue weighted by Crippen LogP contribution is -2.24. The Bertz CT molecular complexity index is 629. The second-order valence-corrected chi connectivity index (χ2v) is 3.99. The molecule has 1 amide bonds. The highest BCUT2D eigenvalue weighted by Gasteiger charge is 2.17. The monoisotopic (exact) mass is 278 g/mol. The van der Waals surface area contributed by atoms with Crippen LogP contribution in [0.3, 0.4) is 0 Å². The zero-order chi connectivity index (χ0) is 14.7. The summed E-state index contributed by atoms with van der Waals surface area (Å²) < 4.78 is 26.5. The number of anilines is 3. The van der Waals surface area contributed by atoms with E-state index in [2.05, 4.69) is 4.98 Å². The van der Waals surface area contributed by atoms with Crippen LogP contribution in [-0.2, 0) is 4.79 Å². The van der Waals surface area contributed by atoms with Crippen LogP contribution in [0, 0.1) is 16.8 Å². The summed E-state index contributed by atoms with van der Waals surface area (Å²) in [6, 6.07) is 5.41. The molecular formula is C13H10F2N3O2-. The minimum absolute atomic E-state index is 0.00875. The third-order valence-corrected chi connectivity index (χ3v) is 2.51. The molecule has 5 nitrogen and oxygen atoms in total. The average molecular weight is 278 g/mol. The number of benzene rings is 1. The fourth-order valence-corrected chi connectivity index (χ4v) is 1.75. The Morgan fingerprint density at radius 1 is 1.25 bits per heavy atom. The van der Waals surface area contributed by atoms with E-state index in [0.717, 1.165) is 17.0 Å². The van der Waals surface area contributed by atoms with Crippen molar-refractivity contribution in [3.8, 4) is 0 Å². The molecule has 1 heterocycles. The first-order valence-electron chi connectivity index (χ1n) is 5.62. The average Bonchev–Trinajstić information content (AvgIpc) is 2.37. The minimum atomic E-state index is -0.815. The molecule has 0 atom stereocenters. The van der Waals surface area contributed by atoms with Crippen molar-refractivity contribution in [3.05, 3.63) is 53.4 Å². The van der Waals surface area contributed by atoms with E-state index in [4.69, 9.17) is 0 Å². The summed E-state index contributed by atoms with van der Waals surface area (Å²) in [5, 5.41) is 10.6. The van der Waals surface area contributed by atoms with Gasteiger partial charge in [0, 0.05) is 30.9 Å². The zero-order valence-electron chi connectivity index (χ0n) is 10.4. The largest absolute Gasteiger partial charge is 0.761 e. The van der Waals surface area contributed by atoms with Gasteiger partial charge in [0.05, 0.1) is 5.69 Å². The van der Waals surface area contributed by atoms with E-state index in [-0.39, 0.29) is 17.2 Å². The smallest absolute Gasteiger partial charge is 0.229 e. The first-order valence-corrected chi connectivity index (χ1v) is 5.62. The molecule has 104 valence electrons. The van der Waals surface area contributed by atoms with Crippen molar-refractivity contribution in [1.82, 2.24) is 4.98 Å². The summed E-state index contributed by atoms with van der Waals surface area (Å²) in [4.78, 5) is 16.6. The number of carbonyl (C=O) groups excluding carboxylic acids is 1. The predicted molar refractivity (Wildman–Crippen MR) is 70.4 cm³/mol. The lowest BCUT2D eigenvalue weighted by Gasteiger charge is -2.21. The van der Waals surface area contributed by atoms with Crippen LogP contribution in [0.15, 0.2) is 36.5 Å². The van der Waals surface area contributed by atoms with Crippen LogP contribution in [0.4, 0.5) is 26.0 Å². The minimum Gasteiger partial charge on any atom is -0.761 e. The van der Waals surface area contributed by atoms with Crippen molar-refractivity contribution >= 4 is 23.1 Å². The molecule has 0 spiro atoms. The number of carbonyl (C=O) groups is 1. The summed E-state index contributed by atoms with van der Waals surface area (Å²) in [5.74, 6) is -2.04. The van der Waals surface area contributed by atoms with E-state index in [9.17, 15) is 18.8 Å². The molecular weight excluding hydrogens is 268 g/mol. The van der Waals surface area contributed by atoms with E-state index >= 15 is 0 Å². The molecule has 0 aliphatic heterocycles. The summed E-state index contributed by atoms with van der Waals surface area (Å²) in [5.41, 5.74) is 1.83. The molecule has 0 saturated carbocycles. The molecule has 1 N–H and O–H groups in total. The molecule has 1 aromatic carbocycles. The number of nitrogens with zero attached hydrogens (tertiary/aromatic N) is 2. The van der Waals surface area contributed by atoms with Gasteiger partial charge in [-0.15, -0.1) is 0 Å². The van der Waals surface area contributed by atoms with E-state index in [1.807, 2.05) is 0 Å². The quantitative estimate of drug-likeness (QED) is 0.876. The van der Waals surface area contributed by atoms with Gasteiger partial charge in [0.15, 0.2) is 0 Å². The molecule has 2 aromatic rings. The topological polar surface area (TPSA) is 68.3 Å². The first kappa shape index (κ1) is 13.9. The number of halogens is 2.